The zero-order valence-electron chi connectivity index (χ0n) is 8.45. The molecule has 1 heterocycles. The van der Waals surface area contributed by atoms with E-state index in [-0.39, 0.29) is 10.9 Å². The van der Waals surface area contributed by atoms with Crippen LogP contribution in [0.25, 0.3) is 0 Å². The van der Waals surface area contributed by atoms with E-state index >= 15 is 0 Å². The Morgan fingerprint density at radius 1 is 1.47 bits per heavy atom. The first-order valence-corrected chi connectivity index (χ1v) is 6.33. The van der Waals surface area contributed by atoms with Gasteiger partial charge < -0.3 is 4.74 Å². The highest BCUT2D eigenvalue weighted by Gasteiger charge is 2.32. The number of halogens is 4. The van der Waals surface area contributed by atoms with Crippen LogP contribution in [0.1, 0.15) is 6.92 Å². The number of aromatic nitrogens is 1. The molecule has 9 heteroatoms. The third-order valence-electron chi connectivity index (χ3n) is 1.73. The Kier molecular flexibility index (Phi) is 3.88. The second kappa shape index (κ2) is 4.69. The lowest BCUT2D eigenvalue weighted by Gasteiger charge is -2.10. The highest BCUT2D eigenvalue weighted by atomic mass is 35.5. The monoisotopic (exact) mass is 289 g/mol. The summed E-state index contributed by atoms with van der Waals surface area (Å²) < 4.78 is 62.3. The zero-order valence-corrected chi connectivity index (χ0v) is 10.0. The van der Waals surface area contributed by atoms with Crippen molar-refractivity contribution in [2.45, 2.75) is 18.2 Å². The number of hydrogen-bond donors (Lipinski definition) is 0. The summed E-state index contributed by atoms with van der Waals surface area (Å²) in [5.41, 5.74) is 0. The largest absolute Gasteiger partial charge is 0.573 e. The fourth-order valence-electron chi connectivity index (χ4n) is 0.973. The fourth-order valence-corrected chi connectivity index (χ4v) is 2.35. The van der Waals surface area contributed by atoms with Crippen LogP contribution in [-0.2, 0) is 9.84 Å². The van der Waals surface area contributed by atoms with Gasteiger partial charge in [-0.05, 0) is 0 Å². The summed E-state index contributed by atoms with van der Waals surface area (Å²) in [6.45, 7) is 1.34. The second-order valence-electron chi connectivity index (χ2n) is 2.91. The van der Waals surface area contributed by atoms with E-state index in [0.717, 1.165) is 0 Å². The van der Waals surface area contributed by atoms with Gasteiger partial charge >= 0.3 is 6.36 Å². The summed E-state index contributed by atoms with van der Waals surface area (Å²) in [7, 11) is -3.75. The first-order chi connectivity index (χ1) is 7.65. The van der Waals surface area contributed by atoms with Crippen molar-refractivity contribution in [1.29, 1.82) is 0 Å². The maximum Gasteiger partial charge on any atom is 0.573 e. The van der Waals surface area contributed by atoms with Crippen molar-refractivity contribution >= 4 is 21.4 Å². The molecule has 0 bridgehead atoms. The molecule has 17 heavy (non-hydrogen) atoms. The third kappa shape index (κ3) is 3.74. The lowest BCUT2D eigenvalue weighted by molar-refractivity contribution is -0.274. The van der Waals surface area contributed by atoms with Crippen LogP contribution in [0.5, 0.6) is 5.75 Å². The molecule has 0 atom stereocenters. The molecule has 0 radical (unpaired) electrons. The van der Waals surface area contributed by atoms with Crippen LogP contribution in [0.15, 0.2) is 17.2 Å². The van der Waals surface area contributed by atoms with Gasteiger partial charge in [-0.15, -0.1) is 13.2 Å². The average molecular weight is 290 g/mol. The highest BCUT2D eigenvalue weighted by Crippen LogP contribution is 2.28. The van der Waals surface area contributed by atoms with Crippen LogP contribution in [-0.4, -0.2) is 25.5 Å². The van der Waals surface area contributed by atoms with Crippen molar-refractivity contribution in [3.8, 4) is 5.75 Å². The molecule has 0 spiro atoms. The molecule has 0 amide bonds. The molecule has 0 aliphatic rings. The van der Waals surface area contributed by atoms with Crippen molar-refractivity contribution in [1.82, 2.24) is 4.98 Å². The SMILES string of the molecule is CCS(=O)(=O)c1cc(OC(F)(F)F)cnc1Cl. The first-order valence-electron chi connectivity index (χ1n) is 4.30. The van der Waals surface area contributed by atoms with Crippen LogP contribution in [0.2, 0.25) is 5.15 Å². The van der Waals surface area contributed by atoms with Crippen LogP contribution in [0.3, 0.4) is 0 Å². The molecular weight excluding hydrogens is 283 g/mol. The minimum absolute atomic E-state index is 0.302. The standard InChI is InChI=1S/C8H7ClF3NO3S/c1-2-17(14,15)6-3-5(4-13-7(6)9)16-8(10,11)12/h3-4H,2H2,1H3. The molecule has 0 saturated heterocycles. The Hall–Kier alpha value is -1.02. The predicted molar refractivity (Wildman–Crippen MR) is 53.7 cm³/mol. The highest BCUT2D eigenvalue weighted by molar-refractivity contribution is 7.91. The van der Waals surface area contributed by atoms with Gasteiger partial charge in [-0.1, -0.05) is 18.5 Å². The van der Waals surface area contributed by atoms with E-state index in [1.807, 2.05) is 0 Å². The maximum atomic E-state index is 11.9. The van der Waals surface area contributed by atoms with E-state index in [4.69, 9.17) is 11.6 Å². The lowest BCUT2D eigenvalue weighted by atomic mass is 10.5. The summed E-state index contributed by atoms with van der Waals surface area (Å²) in [4.78, 5) is 2.86. The minimum Gasteiger partial charge on any atom is -0.404 e. The van der Waals surface area contributed by atoms with Crippen molar-refractivity contribution in [3.05, 3.63) is 17.4 Å². The Morgan fingerprint density at radius 2 is 2.06 bits per heavy atom. The lowest BCUT2D eigenvalue weighted by Crippen LogP contribution is -2.17. The molecule has 0 N–H and O–H groups in total. The summed E-state index contributed by atoms with van der Waals surface area (Å²) in [6, 6.07) is 0.696. The molecule has 4 nitrogen and oxygen atoms in total. The quantitative estimate of drug-likeness (QED) is 0.802. The van der Waals surface area contributed by atoms with Crippen molar-refractivity contribution in [2.75, 3.05) is 5.75 Å². The van der Waals surface area contributed by atoms with E-state index in [2.05, 4.69) is 9.72 Å². The van der Waals surface area contributed by atoms with Gasteiger partial charge in [0.25, 0.3) is 0 Å². The number of ether oxygens (including phenoxy) is 1. The molecule has 0 saturated carbocycles. The molecule has 0 aliphatic carbocycles. The van der Waals surface area contributed by atoms with Crippen molar-refractivity contribution < 1.29 is 26.3 Å². The molecule has 0 fully saturated rings. The van der Waals surface area contributed by atoms with E-state index in [0.29, 0.717) is 12.3 Å². The molecule has 1 aromatic heterocycles. The Bertz CT molecular complexity index is 515. The van der Waals surface area contributed by atoms with E-state index < -0.39 is 26.8 Å². The summed E-state index contributed by atoms with van der Waals surface area (Å²) in [6.07, 6.45) is -4.22. The topological polar surface area (TPSA) is 56.3 Å². The van der Waals surface area contributed by atoms with Gasteiger partial charge in [-0.3, -0.25) is 0 Å². The number of nitrogens with zero attached hydrogens (tertiary/aromatic N) is 1. The van der Waals surface area contributed by atoms with Crippen molar-refractivity contribution in [2.24, 2.45) is 0 Å². The molecule has 0 aliphatic heterocycles. The molecule has 1 rings (SSSR count). The Balaban J connectivity index is 3.21. The van der Waals surface area contributed by atoms with Gasteiger partial charge in [0.1, 0.15) is 15.8 Å². The van der Waals surface area contributed by atoms with Crippen LogP contribution >= 0.6 is 11.6 Å². The van der Waals surface area contributed by atoms with Gasteiger partial charge in [0.05, 0.1) is 11.9 Å². The van der Waals surface area contributed by atoms with Gasteiger partial charge in [0.2, 0.25) is 0 Å². The summed E-state index contributed by atoms with van der Waals surface area (Å²) >= 11 is 5.50. The molecule has 1 aromatic rings. The van der Waals surface area contributed by atoms with Crippen LogP contribution in [0, 0.1) is 0 Å². The summed E-state index contributed by atoms with van der Waals surface area (Å²) in [5.74, 6) is -1.03. The van der Waals surface area contributed by atoms with Gasteiger partial charge in [0, 0.05) is 6.07 Å². The normalized spacial score (nSPS) is 12.5. The molecule has 0 unspecified atom stereocenters. The van der Waals surface area contributed by atoms with E-state index in [1.54, 1.807) is 0 Å². The van der Waals surface area contributed by atoms with Crippen LogP contribution in [0.4, 0.5) is 13.2 Å². The maximum absolute atomic E-state index is 11.9. The number of alkyl halides is 3. The second-order valence-corrected chi connectivity index (χ2v) is 5.52. The van der Waals surface area contributed by atoms with Gasteiger partial charge in [-0.2, -0.15) is 0 Å². The van der Waals surface area contributed by atoms with E-state index in [9.17, 15) is 21.6 Å². The van der Waals surface area contributed by atoms with E-state index in [1.165, 1.54) is 6.92 Å². The minimum atomic E-state index is -4.91. The Morgan fingerprint density at radius 3 is 2.53 bits per heavy atom. The molecule has 96 valence electrons. The zero-order chi connectivity index (χ0) is 13.3. The van der Waals surface area contributed by atoms with Gasteiger partial charge in [0.15, 0.2) is 9.84 Å². The number of pyridine rings is 1. The Labute approximate surface area is 100 Å². The van der Waals surface area contributed by atoms with Gasteiger partial charge in [-0.25, -0.2) is 13.4 Å². The first kappa shape index (κ1) is 14.0. The molecule has 0 aromatic carbocycles. The summed E-state index contributed by atoms with van der Waals surface area (Å²) in [5, 5.41) is -0.388. The fraction of sp³-hybridized carbons (Fsp3) is 0.375. The van der Waals surface area contributed by atoms with Crippen LogP contribution < -0.4 is 4.74 Å². The number of rotatable bonds is 3. The third-order valence-corrected chi connectivity index (χ3v) is 3.89. The number of hydrogen-bond acceptors (Lipinski definition) is 4. The smallest absolute Gasteiger partial charge is 0.404 e. The predicted octanol–water partition coefficient (Wildman–Crippen LogP) is 2.43. The number of sulfone groups is 1. The van der Waals surface area contributed by atoms with Crippen molar-refractivity contribution in [3.63, 3.8) is 0 Å². The average Bonchev–Trinajstić information content (AvgIpc) is 2.18. The molecular formula is C8H7ClF3NO3S.